The van der Waals surface area contributed by atoms with Crippen molar-refractivity contribution >= 4 is 11.8 Å². The Morgan fingerprint density at radius 3 is 2.42 bits per heavy atom. The Morgan fingerprint density at radius 1 is 1.00 bits per heavy atom. The zero-order chi connectivity index (χ0) is 22.8. The van der Waals surface area contributed by atoms with Crippen molar-refractivity contribution in [3.63, 3.8) is 0 Å². The van der Waals surface area contributed by atoms with E-state index >= 15 is 0 Å². The van der Waals surface area contributed by atoms with Crippen LogP contribution in [0.15, 0.2) is 42.5 Å². The highest BCUT2D eigenvalue weighted by Gasteiger charge is 2.34. The smallest absolute Gasteiger partial charge is 0.254 e. The van der Waals surface area contributed by atoms with Gasteiger partial charge in [0.15, 0.2) is 0 Å². The van der Waals surface area contributed by atoms with Gasteiger partial charge in [-0.2, -0.15) is 0 Å². The Hall–Kier alpha value is -2.86. The van der Waals surface area contributed by atoms with E-state index in [1.807, 2.05) is 30.3 Å². The first-order valence-corrected chi connectivity index (χ1v) is 12.2. The van der Waals surface area contributed by atoms with E-state index in [4.69, 9.17) is 4.74 Å². The van der Waals surface area contributed by atoms with Gasteiger partial charge in [0.1, 0.15) is 12.4 Å². The van der Waals surface area contributed by atoms with Crippen LogP contribution in [0.2, 0.25) is 0 Å². The van der Waals surface area contributed by atoms with Crippen LogP contribution in [0.4, 0.5) is 0 Å². The molecule has 1 aliphatic carbocycles. The minimum absolute atomic E-state index is 0.0974. The first kappa shape index (κ1) is 22.0. The van der Waals surface area contributed by atoms with E-state index in [2.05, 4.69) is 15.1 Å². The standard InChI is InChI=1S/C27H33N3O3/c1-28-26(31)20-7-5-19(6-8-20)18-33-24-9-10-25-21(17-24)11-16-30(27(25)32)23-12-14-29(15-13-23)22-3-2-4-22/h5-10,17,22-23H,2-4,11-16,18H2,1H3,(H,28,31). The van der Waals surface area contributed by atoms with Crippen molar-refractivity contribution in [2.45, 2.75) is 57.2 Å². The van der Waals surface area contributed by atoms with Crippen molar-refractivity contribution < 1.29 is 14.3 Å². The van der Waals surface area contributed by atoms with Gasteiger partial charge in [0.2, 0.25) is 0 Å². The molecule has 0 atom stereocenters. The summed E-state index contributed by atoms with van der Waals surface area (Å²) >= 11 is 0. The lowest BCUT2D eigenvalue weighted by Crippen LogP contribution is -2.52. The predicted octanol–water partition coefficient (Wildman–Crippen LogP) is 3.64. The topological polar surface area (TPSA) is 61.9 Å². The van der Waals surface area contributed by atoms with Crippen LogP contribution in [0.1, 0.15) is 63.9 Å². The maximum absolute atomic E-state index is 13.2. The largest absolute Gasteiger partial charge is 0.489 e. The first-order chi connectivity index (χ1) is 16.1. The minimum Gasteiger partial charge on any atom is -0.489 e. The van der Waals surface area contributed by atoms with Gasteiger partial charge < -0.3 is 19.9 Å². The van der Waals surface area contributed by atoms with Crippen LogP contribution in [0, 0.1) is 0 Å². The second-order valence-corrected chi connectivity index (χ2v) is 9.48. The van der Waals surface area contributed by atoms with E-state index < -0.39 is 0 Å². The fourth-order valence-corrected chi connectivity index (χ4v) is 5.30. The predicted molar refractivity (Wildman–Crippen MR) is 128 cm³/mol. The van der Waals surface area contributed by atoms with Gasteiger partial charge in [-0.15, -0.1) is 0 Å². The van der Waals surface area contributed by atoms with E-state index in [1.165, 1.54) is 19.3 Å². The normalized spacial score (nSPS) is 19.7. The Balaban J connectivity index is 1.18. The molecule has 6 nitrogen and oxygen atoms in total. The van der Waals surface area contributed by atoms with E-state index in [1.54, 1.807) is 19.2 Å². The summed E-state index contributed by atoms with van der Waals surface area (Å²) in [6.45, 7) is 3.47. The van der Waals surface area contributed by atoms with Gasteiger partial charge in [-0.05, 0) is 73.6 Å². The van der Waals surface area contributed by atoms with Gasteiger partial charge in [-0.3, -0.25) is 9.59 Å². The minimum atomic E-state index is -0.0974. The van der Waals surface area contributed by atoms with Crippen molar-refractivity contribution in [3.05, 3.63) is 64.7 Å². The molecule has 0 spiro atoms. The van der Waals surface area contributed by atoms with Gasteiger partial charge in [-0.1, -0.05) is 18.6 Å². The molecule has 2 aliphatic heterocycles. The number of carbonyl (C=O) groups excluding carboxylic acids is 2. The van der Waals surface area contributed by atoms with Crippen molar-refractivity contribution in [2.75, 3.05) is 26.7 Å². The number of piperidine rings is 1. The fourth-order valence-electron chi connectivity index (χ4n) is 5.30. The summed E-state index contributed by atoms with van der Waals surface area (Å²) in [6, 6.07) is 14.4. The molecule has 0 unspecified atom stereocenters. The third-order valence-corrected chi connectivity index (χ3v) is 7.57. The number of hydrogen-bond acceptors (Lipinski definition) is 4. The number of likely N-dealkylation sites (tertiary alicyclic amines) is 1. The number of carbonyl (C=O) groups is 2. The van der Waals surface area contributed by atoms with Crippen LogP contribution < -0.4 is 10.1 Å². The second kappa shape index (κ2) is 9.56. The monoisotopic (exact) mass is 447 g/mol. The van der Waals surface area contributed by atoms with Crippen molar-refractivity contribution in [1.82, 2.24) is 15.1 Å². The Labute approximate surface area is 195 Å². The number of amides is 2. The third kappa shape index (κ3) is 4.62. The number of benzene rings is 2. The summed E-state index contributed by atoms with van der Waals surface area (Å²) < 4.78 is 5.98. The molecule has 174 valence electrons. The summed E-state index contributed by atoms with van der Waals surface area (Å²) in [6.07, 6.45) is 7.15. The molecule has 2 aromatic carbocycles. The SMILES string of the molecule is CNC(=O)c1ccc(COc2ccc3c(c2)CCN(C2CCN(C4CCC4)CC2)C3=O)cc1. The fraction of sp³-hybridized carbons (Fsp3) is 0.481. The summed E-state index contributed by atoms with van der Waals surface area (Å²) in [4.78, 5) is 29.7. The summed E-state index contributed by atoms with van der Waals surface area (Å²) in [5, 5.41) is 2.62. The van der Waals surface area contributed by atoms with Crippen molar-refractivity contribution in [3.8, 4) is 5.75 Å². The third-order valence-electron chi connectivity index (χ3n) is 7.57. The van der Waals surface area contributed by atoms with Gasteiger partial charge in [0, 0.05) is 49.9 Å². The molecule has 2 aromatic rings. The Morgan fingerprint density at radius 2 is 1.76 bits per heavy atom. The maximum Gasteiger partial charge on any atom is 0.254 e. The quantitative estimate of drug-likeness (QED) is 0.735. The van der Waals surface area contributed by atoms with Crippen molar-refractivity contribution in [2.24, 2.45) is 0 Å². The number of nitrogens with one attached hydrogen (secondary N) is 1. The van der Waals surface area contributed by atoms with Crippen molar-refractivity contribution in [1.29, 1.82) is 0 Å². The second-order valence-electron chi connectivity index (χ2n) is 9.48. The Kier molecular flexibility index (Phi) is 6.36. The highest BCUT2D eigenvalue weighted by molar-refractivity contribution is 5.97. The molecule has 1 saturated carbocycles. The van der Waals surface area contributed by atoms with Crippen LogP contribution in [-0.2, 0) is 13.0 Å². The van der Waals surface area contributed by atoms with Gasteiger partial charge >= 0.3 is 0 Å². The van der Waals surface area contributed by atoms with Gasteiger partial charge in [0.05, 0.1) is 0 Å². The summed E-state index contributed by atoms with van der Waals surface area (Å²) in [7, 11) is 1.62. The van der Waals surface area contributed by atoms with Gasteiger partial charge in [0.25, 0.3) is 11.8 Å². The molecule has 0 radical (unpaired) electrons. The van der Waals surface area contributed by atoms with Crippen LogP contribution in [0.25, 0.3) is 0 Å². The van der Waals surface area contributed by atoms with E-state index in [0.29, 0.717) is 18.2 Å². The molecule has 33 heavy (non-hydrogen) atoms. The molecule has 2 amide bonds. The number of ether oxygens (including phenoxy) is 1. The average molecular weight is 448 g/mol. The molecule has 6 heteroatoms. The van der Waals surface area contributed by atoms with Gasteiger partial charge in [-0.25, -0.2) is 0 Å². The number of hydrogen-bond donors (Lipinski definition) is 1. The lowest BCUT2D eigenvalue weighted by molar-refractivity contribution is 0.0414. The molecule has 1 saturated heterocycles. The molecule has 3 aliphatic rings. The summed E-state index contributed by atoms with van der Waals surface area (Å²) in [5.74, 6) is 0.855. The number of fused-ring (bicyclic) bond motifs is 1. The van der Waals surface area contributed by atoms with Crippen LogP contribution in [0.3, 0.4) is 0 Å². The first-order valence-electron chi connectivity index (χ1n) is 12.2. The van der Waals surface area contributed by atoms with Crippen LogP contribution in [0.5, 0.6) is 5.75 Å². The summed E-state index contributed by atoms with van der Waals surface area (Å²) in [5.41, 5.74) is 3.53. The number of rotatable bonds is 6. The number of nitrogens with zero attached hydrogens (tertiary/aromatic N) is 2. The average Bonchev–Trinajstić information content (AvgIpc) is 2.82. The zero-order valence-electron chi connectivity index (χ0n) is 19.4. The molecule has 2 heterocycles. The maximum atomic E-state index is 13.2. The lowest BCUT2D eigenvalue weighted by Gasteiger charge is -2.45. The van der Waals surface area contributed by atoms with Crippen LogP contribution >= 0.6 is 0 Å². The van der Waals surface area contributed by atoms with E-state index in [-0.39, 0.29) is 11.8 Å². The molecule has 5 rings (SSSR count). The molecule has 0 aromatic heterocycles. The zero-order valence-corrected chi connectivity index (χ0v) is 19.4. The molecule has 1 N–H and O–H groups in total. The highest BCUT2D eigenvalue weighted by Crippen LogP contribution is 2.31. The lowest BCUT2D eigenvalue weighted by atomic mass is 9.88. The molecule has 2 fully saturated rings. The molecular formula is C27H33N3O3. The van der Waals surface area contributed by atoms with E-state index in [0.717, 1.165) is 67.4 Å². The van der Waals surface area contributed by atoms with E-state index in [9.17, 15) is 9.59 Å². The molecular weight excluding hydrogens is 414 g/mol. The van der Waals surface area contributed by atoms with Crippen LogP contribution in [-0.4, -0.2) is 60.4 Å². The Bertz CT molecular complexity index is 1010. The highest BCUT2D eigenvalue weighted by atomic mass is 16.5. The molecule has 0 bridgehead atoms.